The number of nitrogens with zero attached hydrogens (tertiary/aromatic N) is 1. The van der Waals surface area contributed by atoms with Crippen LogP contribution in [0.1, 0.15) is 25.3 Å². The Hall–Kier alpha value is -3.11. The van der Waals surface area contributed by atoms with E-state index in [-0.39, 0.29) is 36.4 Å². The molecule has 1 fully saturated rings. The summed E-state index contributed by atoms with van der Waals surface area (Å²) in [6.45, 7) is 2.91. The lowest BCUT2D eigenvalue weighted by Gasteiger charge is -2.24. The molecule has 2 aromatic rings. The summed E-state index contributed by atoms with van der Waals surface area (Å²) in [5.74, 6) is 0.478. The molecule has 2 aliphatic rings. The summed E-state index contributed by atoms with van der Waals surface area (Å²) >= 11 is 0. The minimum Gasteiger partial charge on any atom is -0.494 e. The van der Waals surface area contributed by atoms with Crippen LogP contribution in [0.25, 0.3) is 0 Å². The van der Waals surface area contributed by atoms with Gasteiger partial charge in [0, 0.05) is 13.1 Å². The first kappa shape index (κ1) is 22.1. The number of rotatable bonds is 7. The van der Waals surface area contributed by atoms with Gasteiger partial charge in [0.2, 0.25) is 15.9 Å². The fourth-order valence-corrected chi connectivity index (χ4v) is 5.51. The second kappa shape index (κ2) is 9.17. The van der Waals surface area contributed by atoms with E-state index in [9.17, 15) is 18.0 Å². The van der Waals surface area contributed by atoms with Crippen molar-refractivity contribution in [3.63, 3.8) is 0 Å². The van der Waals surface area contributed by atoms with Gasteiger partial charge in [-0.2, -0.15) is 4.31 Å². The van der Waals surface area contributed by atoms with E-state index in [1.165, 1.54) is 22.5 Å². The number of carbonyl (C=O) groups is 2. The van der Waals surface area contributed by atoms with Gasteiger partial charge >= 0.3 is 0 Å². The van der Waals surface area contributed by atoms with Gasteiger partial charge in [0.25, 0.3) is 5.91 Å². The summed E-state index contributed by atoms with van der Waals surface area (Å²) in [7, 11) is -3.93. The predicted molar refractivity (Wildman–Crippen MR) is 117 cm³/mol. The third-order valence-electron chi connectivity index (χ3n) is 5.40. The molecule has 0 bridgehead atoms. The van der Waals surface area contributed by atoms with E-state index in [0.717, 1.165) is 11.3 Å². The van der Waals surface area contributed by atoms with Crippen LogP contribution in [-0.4, -0.2) is 50.3 Å². The van der Waals surface area contributed by atoms with Crippen LogP contribution in [0, 0.1) is 0 Å². The Balaban J connectivity index is 1.45. The molecule has 2 N–H and O–H groups in total. The number of amides is 2. The number of anilines is 1. The van der Waals surface area contributed by atoms with Gasteiger partial charge in [-0.3, -0.25) is 9.59 Å². The smallest absolute Gasteiger partial charge is 0.262 e. The first-order chi connectivity index (χ1) is 15.4. The molecule has 2 heterocycles. The van der Waals surface area contributed by atoms with Crippen LogP contribution in [0.5, 0.6) is 11.5 Å². The normalized spacial score (nSPS) is 18.4. The molecule has 0 aliphatic carbocycles. The van der Waals surface area contributed by atoms with Gasteiger partial charge in [0.1, 0.15) is 17.5 Å². The van der Waals surface area contributed by atoms with Crippen molar-refractivity contribution in [1.82, 2.24) is 9.62 Å². The largest absolute Gasteiger partial charge is 0.494 e. The second-order valence-corrected chi connectivity index (χ2v) is 9.45. The van der Waals surface area contributed by atoms with Gasteiger partial charge in [-0.25, -0.2) is 8.42 Å². The quantitative estimate of drug-likeness (QED) is 0.654. The zero-order valence-corrected chi connectivity index (χ0v) is 18.5. The van der Waals surface area contributed by atoms with Crippen molar-refractivity contribution in [2.24, 2.45) is 0 Å². The Kier molecular flexibility index (Phi) is 6.33. The van der Waals surface area contributed by atoms with E-state index in [0.29, 0.717) is 30.9 Å². The van der Waals surface area contributed by atoms with Crippen molar-refractivity contribution >= 4 is 27.5 Å². The van der Waals surface area contributed by atoms with E-state index in [2.05, 4.69) is 10.6 Å². The second-order valence-electron chi connectivity index (χ2n) is 7.56. The SMILES string of the molecule is CCOc1ccc(CNC(=O)C2CCCN2S(=O)(=O)c2ccc3c(c2)NC(=O)CO3)cc1. The first-order valence-electron chi connectivity index (χ1n) is 10.5. The molecule has 9 nitrogen and oxygen atoms in total. The van der Waals surface area contributed by atoms with Crippen LogP contribution >= 0.6 is 0 Å². The third kappa shape index (κ3) is 4.56. The number of hydrogen-bond acceptors (Lipinski definition) is 6. The Morgan fingerprint density at radius 1 is 1.25 bits per heavy atom. The molecule has 0 radical (unpaired) electrons. The molecule has 0 aromatic heterocycles. The van der Waals surface area contributed by atoms with Crippen molar-refractivity contribution in [3.8, 4) is 11.5 Å². The summed E-state index contributed by atoms with van der Waals surface area (Å²) in [4.78, 5) is 24.4. The Labute approximate surface area is 186 Å². The lowest BCUT2D eigenvalue weighted by Crippen LogP contribution is -2.45. The average Bonchev–Trinajstić information content (AvgIpc) is 3.29. The summed E-state index contributed by atoms with van der Waals surface area (Å²) in [6, 6.07) is 10.9. The summed E-state index contributed by atoms with van der Waals surface area (Å²) in [6.07, 6.45) is 1.03. The fourth-order valence-electron chi connectivity index (χ4n) is 3.83. The standard InChI is InChI=1S/C22H25N3O6S/c1-2-30-16-7-5-15(6-8-16)13-23-22(27)19-4-3-11-25(19)32(28,29)17-9-10-20-18(12-17)24-21(26)14-31-20/h5-10,12,19H,2-4,11,13-14H2,1H3,(H,23,27)(H,24,26). The lowest BCUT2D eigenvalue weighted by atomic mass is 10.2. The zero-order valence-electron chi connectivity index (χ0n) is 17.7. The van der Waals surface area contributed by atoms with Crippen molar-refractivity contribution in [2.75, 3.05) is 25.1 Å². The number of carbonyl (C=O) groups excluding carboxylic acids is 2. The number of benzene rings is 2. The lowest BCUT2D eigenvalue weighted by molar-refractivity contribution is -0.124. The molecular weight excluding hydrogens is 434 g/mol. The van der Waals surface area contributed by atoms with Gasteiger partial charge < -0.3 is 20.1 Å². The minimum absolute atomic E-state index is 0.00765. The van der Waals surface area contributed by atoms with E-state index in [1.807, 2.05) is 31.2 Å². The van der Waals surface area contributed by atoms with E-state index < -0.39 is 16.1 Å². The minimum atomic E-state index is -3.93. The fraction of sp³-hybridized carbons (Fsp3) is 0.364. The maximum atomic E-state index is 13.3. The monoisotopic (exact) mass is 459 g/mol. The summed E-state index contributed by atoms with van der Waals surface area (Å²) < 4.78 is 38.5. The molecule has 2 aliphatic heterocycles. The van der Waals surface area contributed by atoms with E-state index >= 15 is 0 Å². The highest BCUT2D eigenvalue weighted by atomic mass is 32.2. The Morgan fingerprint density at radius 2 is 2.03 bits per heavy atom. The Morgan fingerprint density at radius 3 is 2.78 bits per heavy atom. The molecule has 1 saturated heterocycles. The maximum absolute atomic E-state index is 13.3. The van der Waals surface area contributed by atoms with Crippen LogP contribution in [-0.2, 0) is 26.2 Å². The van der Waals surface area contributed by atoms with E-state index in [1.54, 1.807) is 0 Å². The van der Waals surface area contributed by atoms with Gasteiger partial charge in [0.15, 0.2) is 6.61 Å². The summed E-state index contributed by atoms with van der Waals surface area (Å²) in [5, 5.41) is 5.45. The number of sulfonamides is 1. The van der Waals surface area contributed by atoms with Crippen molar-refractivity contribution in [2.45, 2.75) is 37.2 Å². The average molecular weight is 460 g/mol. The summed E-state index contributed by atoms with van der Waals surface area (Å²) in [5.41, 5.74) is 1.19. The van der Waals surface area contributed by atoms with Crippen LogP contribution in [0.3, 0.4) is 0 Å². The molecule has 1 unspecified atom stereocenters. The number of ether oxygens (including phenoxy) is 2. The van der Waals surface area contributed by atoms with Crippen LogP contribution in [0.4, 0.5) is 5.69 Å². The predicted octanol–water partition coefficient (Wildman–Crippen LogP) is 1.89. The molecule has 0 spiro atoms. The van der Waals surface area contributed by atoms with Crippen LogP contribution in [0.15, 0.2) is 47.4 Å². The molecule has 4 rings (SSSR count). The molecular formula is C22H25N3O6S. The zero-order chi connectivity index (χ0) is 22.7. The molecule has 170 valence electrons. The molecule has 0 saturated carbocycles. The highest BCUT2D eigenvalue weighted by molar-refractivity contribution is 7.89. The molecule has 1 atom stereocenters. The maximum Gasteiger partial charge on any atom is 0.262 e. The third-order valence-corrected chi connectivity index (χ3v) is 7.30. The van der Waals surface area contributed by atoms with Crippen molar-refractivity contribution in [3.05, 3.63) is 48.0 Å². The first-order valence-corrected chi connectivity index (χ1v) is 11.9. The highest BCUT2D eigenvalue weighted by Gasteiger charge is 2.39. The topological polar surface area (TPSA) is 114 Å². The van der Waals surface area contributed by atoms with Gasteiger partial charge in [-0.05, 0) is 55.7 Å². The van der Waals surface area contributed by atoms with Crippen LogP contribution in [0.2, 0.25) is 0 Å². The number of hydrogen-bond donors (Lipinski definition) is 2. The molecule has 2 aromatic carbocycles. The van der Waals surface area contributed by atoms with Gasteiger partial charge in [-0.1, -0.05) is 12.1 Å². The van der Waals surface area contributed by atoms with Crippen LogP contribution < -0.4 is 20.1 Å². The van der Waals surface area contributed by atoms with Crippen molar-refractivity contribution < 1.29 is 27.5 Å². The molecule has 10 heteroatoms. The van der Waals surface area contributed by atoms with E-state index in [4.69, 9.17) is 9.47 Å². The Bertz CT molecular complexity index is 1120. The van der Waals surface area contributed by atoms with Gasteiger partial charge in [-0.15, -0.1) is 0 Å². The van der Waals surface area contributed by atoms with Gasteiger partial charge in [0.05, 0.1) is 17.2 Å². The highest BCUT2D eigenvalue weighted by Crippen LogP contribution is 2.33. The molecule has 32 heavy (non-hydrogen) atoms. The van der Waals surface area contributed by atoms with Crippen molar-refractivity contribution in [1.29, 1.82) is 0 Å². The molecule has 2 amide bonds. The number of nitrogens with one attached hydrogen (secondary N) is 2. The number of fused-ring (bicyclic) bond motifs is 1.